The third-order valence-corrected chi connectivity index (χ3v) is 4.28. The van der Waals surface area contributed by atoms with E-state index in [1.165, 1.54) is 38.5 Å². The van der Waals surface area contributed by atoms with Gasteiger partial charge >= 0.3 is 0 Å². The molecule has 2 aliphatic rings. The van der Waals surface area contributed by atoms with Crippen molar-refractivity contribution in [3.05, 3.63) is 0 Å². The van der Waals surface area contributed by atoms with Crippen LogP contribution in [0.3, 0.4) is 0 Å². The summed E-state index contributed by atoms with van der Waals surface area (Å²) in [6.07, 6.45) is 9.07. The van der Waals surface area contributed by atoms with E-state index >= 15 is 0 Å². The van der Waals surface area contributed by atoms with E-state index in [1.54, 1.807) is 0 Å². The zero-order valence-electron chi connectivity index (χ0n) is 13.3. The van der Waals surface area contributed by atoms with Crippen molar-refractivity contribution in [3.63, 3.8) is 0 Å². The molecular formula is C16H30N2O2. The molecule has 1 aliphatic carbocycles. The molecule has 0 aromatic heterocycles. The Morgan fingerprint density at radius 3 is 2.55 bits per heavy atom. The summed E-state index contributed by atoms with van der Waals surface area (Å²) in [4.78, 5) is 11.7. The molecular weight excluding hydrogens is 252 g/mol. The van der Waals surface area contributed by atoms with Crippen LogP contribution in [0.5, 0.6) is 0 Å². The first-order chi connectivity index (χ1) is 9.39. The van der Waals surface area contributed by atoms with Crippen molar-refractivity contribution < 1.29 is 9.53 Å². The van der Waals surface area contributed by atoms with Gasteiger partial charge in [0.05, 0.1) is 18.2 Å². The number of carbonyl (C=O) groups excluding carboxylic acids is 1. The normalized spacial score (nSPS) is 25.9. The molecule has 2 N–H and O–H groups in total. The topological polar surface area (TPSA) is 50.4 Å². The van der Waals surface area contributed by atoms with Crippen molar-refractivity contribution in [1.29, 1.82) is 0 Å². The third-order valence-electron chi connectivity index (χ3n) is 4.28. The van der Waals surface area contributed by atoms with Crippen LogP contribution in [0.4, 0.5) is 0 Å². The molecule has 116 valence electrons. The van der Waals surface area contributed by atoms with Gasteiger partial charge in [0.1, 0.15) is 0 Å². The van der Waals surface area contributed by atoms with Crippen molar-refractivity contribution in [2.24, 2.45) is 0 Å². The van der Waals surface area contributed by atoms with Crippen LogP contribution < -0.4 is 10.6 Å². The van der Waals surface area contributed by atoms with Crippen molar-refractivity contribution in [2.45, 2.75) is 83.0 Å². The molecule has 2 rings (SSSR count). The Hall–Kier alpha value is -0.610. The van der Waals surface area contributed by atoms with Crippen molar-refractivity contribution in [1.82, 2.24) is 10.6 Å². The minimum atomic E-state index is -0.158. The highest BCUT2D eigenvalue weighted by atomic mass is 16.5. The molecule has 1 spiro atoms. The SMILES string of the molecule is CC(C)(C)NC(=O)CNCC1CCC2(CCCCC2)O1. The Morgan fingerprint density at radius 2 is 1.90 bits per heavy atom. The summed E-state index contributed by atoms with van der Waals surface area (Å²) in [7, 11) is 0. The molecule has 1 amide bonds. The maximum Gasteiger partial charge on any atom is 0.234 e. The molecule has 1 atom stereocenters. The van der Waals surface area contributed by atoms with Gasteiger partial charge in [-0.3, -0.25) is 4.79 Å². The smallest absolute Gasteiger partial charge is 0.234 e. The summed E-state index contributed by atoms with van der Waals surface area (Å²) in [5.74, 6) is 0.0582. The van der Waals surface area contributed by atoms with Gasteiger partial charge in [-0.25, -0.2) is 0 Å². The molecule has 1 unspecified atom stereocenters. The molecule has 4 nitrogen and oxygen atoms in total. The molecule has 0 aromatic carbocycles. The van der Waals surface area contributed by atoms with E-state index in [0.717, 1.165) is 13.0 Å². The van der Waals surface area contributed by atoms with Gasteiger partial charge in [-0.15, -0.1) is 0 Å². The Bertz CT molecular complexity index is 330. The fraction of sp³-hybridized carbons (Fsp3) is 0.938. The van der Waals surface area contributed by atoms with Gasteiger partial charge in [0.2, 0.25) is 5.91 Å². The van der Waals surface area contributed by atoms with E-state index in [9.17, 15) is 4.79 Å². The van der Waals surface area contributed by atoms with Crippen LogP contribution in [0.1, 0.15) is 65.7 Å². The summed E-state index contributed by atoms with van der Waals surface area (Å²) < 4.78 is 6.28. The molecule has 1 heterocycles. The fourth-order valence-corrected chi connectivity index (χ4v) is 3.41. The molecule has 2 fully saturated rings. The predicted molar refractivity (Wildman–Crippen MR) is 80.7 cm³/mol. The predicted octanol–water partition coefficient (Wildman–Crippen LogP) is 2.37. The number of rotatable bonds is 4. The largest absolute Gasteiger partial charge is 0.370 e. The summed E-state index contributed by atoms with van der Waals surface area (Å²) in [6.45, 7) is 7.16. The number of carbonyl (C=O) groups is 1. The minimum Gasteiger partial charge on any atom is -0.370 e. The first-order valence-corrected chi connectivity index (χ1v) is 8.08. The summed E-state index contributed by atoms with van der Waals surface area (Å²) >= 11 is 0. The van der Waals surface area contributed by atoms with Gasteiger partial charge < -0.3 is 15.4 Å². The quantitative estimate of drug-likeness (QED) is 0.832. The molecule has 0 bridgehead atoms. The standard InChI is InChI=1S/C16H30N2O2/c1-15(2,3)18-14(19)12-17-11-13-7-10-16(20-13)8-5-4-6-9-16/h13,17H,4-12H2,1-3H3,(H,18,19). The maximum atomic E-state index is 11.7. The van der Waals surface area contributed by atoms with E-state index in [2.05, 4.69) is 10.6 Å². The molecule has 1 saturated heterocycles. The van der Waals surface area contributed by atoms with E-state index in [4.69, 9.17) is 4.74 Å². The molecule has 1 saturated carbocycles. The highest BCUT2D eigenvalue weighted by Gasteiger charge is 2.40. The lowest BCUT2D eigenvalue weighted by molar-refractivity contribution is -0.121. The number of amides is 1. The molecule has 20 heavy (non-hydrogen) atoms. The highest BCUT2D eigenvalue weighted by Crippen LogP contribution is 2.41. The van der Waals surface area contributed by atoms with Gasteiger partial charge in [0, 0.05) is 12.1 Å². The van der Waals surface area contributed by atoms with Crippen molar-refractivity contribution in [2.75, 3.05) is 13.1 Å². The summed E-state index contributed by atoms with van der Waals surface area (Å²) in [5, 5.41) is 6.19. The highest BCUT2D eigenvalue weighted by molar-refractivity contribution is 5.78. The Balaban J connectivity index is 1.65. The lowest BCUT2D eigenvalue weighted by Gasteiger charge is -2.33. The summed E-state index contributed by atoms with van der Waals surface area (Å²) in [6, 6.07) is 0. The van der Waals surface area contributed by atoms with E-state index in [0.29, 0.717) is 6.54 Å². The molecule has 1 aliphatic heterocycles. The molecule has 0 aromatic rings. The molecule has 0 radical (unpaired) electrons. The van der Waals surface area contributed by atoms with Crippen LogP contribution in [0, 0.1) is 0 Å². The summed E-state index contributed by atoms with van der Waals surface area (Å²) in [5.41, 5.74) is 0.0209. The van der Waals surface area contributed by atoms with Crippen LogP contribution in [0.15, 0.2) is 0 Å². The van der Waals surface area contributed by atoms with E-state index in [-0.39, 0.29) is 23.2 Å². The second-order valence-electron chi connectivity index (χ2n) is 7.45. The Labute approximate surface area is 123 Å². The second-order valence-corrected chi connectivity index (χ2v) is 7.45. The minimum absolute atomic E-state index is 0.0582. The Kier molecular flexibility index (Phi) is 5.08. The van der Waals surface area contributed by atoms with E-state index in [1.807, 2.05) is 20.8 Å². The first kappa shape index (κ1) is 15.8. The van der Waals surface area contributed by atoms with Crippen molar-refractivity contribution >= 4 is 5.91 Å². The zero-order valence-corrected chi connectivity index (χ0v) is 13.3. The number of ether oxygens (including phenoxy) is 1. The van der Waals surface area contributed by atoms with Crippen LogP contribution >= 0.6 is 0 Å². The molecule has 4 heteroatoms. The van der Waals surface area contributed by atoms with Gasteiger partial charge in [-0.05, 0) is 46.5 Å². The first-order valence-electron chi connectivity index (χ1n) is 8.08. The zero-order chi connectivity index (χ0) is 14.6. The average molecular weight is 282 g/mol. The maximum absolute atomic E-state index is 11.7. The third kappa shape index (κ3) is 4.74. The van der Waals surface area contributed by atoms with Crippen LogP contribution in [-0.2, 0) is 9.53 Å². The van der Waals surface area contributed by atoms with Gasteiger partial charge in [-0.2, -0.15) is 0 Å². The average Bonchev–Trinajstić information content (AvgIpc) is 2.71. The Morgan fingerprint density at radius 1 is 1.20 bits per heavy atom. The van der Waals surface area contributed by atoms with Gasteiger partial charge in [-0.1, -0.05) is 19.3 Å². The van der Waals surface area contributed by atoms with Crippen LogP contribution in [-0.4, -0.2) is 36.2 Å². The number of hydrogen-bond donors (Lipinski definition) is 2. The lowest BCUT2D eigenvalue weighted by atomic mass is 9.83. The van der Waals surface area contributed by atoms with Gasteiger partial charge in [0.15, 0.2) is 0 Å². The fourth-order valence-electron chi connectivity index (χ4n) is 3.41. The monoisotopic (exact) mass is 282 g/mol. The van der Waals surface area contributed by atoms with E-state index < -0.39 is 0 Å². The lowest BCUT2D eigenvalue weighted by Crippen LogP contribution is -2.46. The number of nitrogens with one attached hydrogen (secondary N) is 2. The van der Waals surface area contributed by atoms with Crippen LogP contribution in [0.25, 0.3) is 0 Å². The van der Waals surface area contributed by atoms with Gasteiger partial charge in [0.25, 0.3) is 0 Å². The van der Waals surface area contributed by atoms with Crippen LogP contribution in [0.2, 0.25) is 0 Å². The number of hydrogen-bond acceptors (Lipinski definition) is 3. The van der Waals surface area contributed by atoms with Crippen molar-refractivity contribution in [3.8, 4) is 0 Å². The second kappa shape index (κ2) is 6.44.